The molecule has 0 aromatic carbocycles. The topological polar surface area (TPSA) is 68.3 Å². The Morgan fingerprint density at radius 2 is 2.24 bits per heavy atom. The Bertz CT molecular complexity index is 369. The van der Waals surface area contributed by atoms with Crippen LogP contribution in [0, 0.1) is 12.3 Å². The van der Waals surface area contributed by atoms with Gasteiger partial charge in [-0.2, -0.15) is 0 Å². The molecule has 0 spiro atoms. The summed E-state index contributed by atoms with van der Waals surface area (Å²) in [6, 6.07) is 1.74. The molecule has 1 aromatic rings. The summed E-state index contributed by atoms with van der Waals surface area (Å²) < 4.78 is 5.11. The highest BCUT2D eigenvalue weighted by atomic mass is 16.3. The molecule has 17 heavy (non-hydrogen) atoms. The van der Waals surface area contributed by atoms with Gasteiger partial charge in [-0.05, 0) is 37.8 Å². The molecule has 4 heteroatoms. The minimum atomic E-state index is -0.0809. The zero-order chi connectivity index (χ0) is 12.9. The first-order valence-corrected chi connectivity index (χ1v) is 5.98. The molecule has 0 fully saturated rings. The molecule has 0 radical (unpaired) electrons. The smallest absolute Gasteiger partial charge is 0.254 e. The number of carbonyl (C=O) groups excluding carboxylic acids is 1. The van der Waals surface area contributed by atoms with E-state index in [2.05, 4.69) is 19.2 Å². The molecule has 0 aliphatic rings. The van der Waals surface area contributed by atoms with E-state index in [4.69, 9.17) is 10.2 Å². The number of furan rings is 1. The fourth-order valence-corrected chi connectivity index (χ4v) is 1.65. The van der Waals surface area contributed by atoms with Crippen LogP contribution >= 0.6 is 0 Å². The third kappa shape index (κ3) is 4.61. The number of rotatable bonds is 6. The maximum atomic E-state index is 11.8. The molecule has 0 atom stereocenters. The van der Waals surface area contributed by atoms with E-state index < -0.39 is 0 Å². The van der Waals surface area contributed by atoms with E-state index in [1.165, 1.54) is 6.26 Å². The summed E-state index contributed by atoms with van der Waals surface area (Å²) in [5, 5.41) is 2.92. The normalized spacial score (nSPS) is 11.5. The zero-order valence-corrected chi connectivity index (χ0v) is 10.9. The highest BCUT2D eigenvalue weighted by Gasteiger charge is 2.19. The first kappa shape index (κ1) is 13.8. The van der Waals surface area contributed by atoms with Gasteiger partial charge in [0, 0.05) is 6.54 Å². The van der Waals surface area contributed by atoms with Crippen molar-refractivity contribution in [3.05, 3.63) is 23.7 Å². The van der Waals surface area contributed by atoms with Gasteiger partial charge in [0.1, 0.15) is 12.0 Å². The molecule has 0 saturated carbocycles. The van der Waals surface area contributed by atoms with Crippen LogP contribution in [0.3, 0.4) is 0 Å². The fraction of sp³-hybridized carbons (Fsp3) is 0.615. The summed E-state index contributed by atoms with van der Waals surface area (Å²) in [5.41, 5.74) is 6.14. The van der Waals surface area contributed by atoms with Gasteiger partial charge in [-0.3, -0.25) is 4.79 Å². The van der Waals surface area contributed by atoms with Gasteiger partial charge in [-0.25, -0.2) is 0 Å². The SMILES string of the molecule is Cc1cc(C(=O)NCC(C)(C)CCCN)co1. The summed E-state index contributed by atoms with van der Waals surface area (Å²) in [6.45, 7) is 7.42. The van der Waals surface area contributed by atoms with Crippen LogP contribution in [0.15, 0.2) is 16.7 Å². The molecule has 1 amide bonds. The van der Waals surface area contributed by atoms with Crippen molar-refractivity contribution < 1.29 is 9.21 Å². The van der Waals surface area contributed by atoms with E-state index in [1.807, 2.05) is 6.92 Å². The van der Waals surface area contributed by atoms with E-state index in [0.717, 1.165) is 18.6 Å². The molecule has 96 valence electrons. The van der Waals surface area contributed by atoms with Gasteiger partial charge in [-0.1, -0.05) is 13.8 Å². The van der Waals surface area contributed by atoms with Crippen LogP contribution in [0.1, 0.15) is 42.8 Å². The molecule has 0 aliphatic heterocycles. The van der Waals surface area contributed by atoms with E-state index in [1.54, 1.807) is 6.07 Å². The summed E-state index contributed by atoms with van der Waals surface area (Å²) in [6.07, 6.45) is 3.47. The second kappa shape index (κ2) is 5.87. The van der Waals surface area contributed by atoms with Gasteiger partial charge in [0.15, 0.2) is 0 Å². The molecular weight excluding hydrogens is 216 g/mol. The minimum absolute atomic E-state index is 0.0772. The molecule has 1 rings (SSSR count). The lowest BCUT2D eigenvalue weighted by Crippen LogP contribution is -2.34. The lowest BCUT2D eigenvalue weighted by molar-refractivity contribution is 0.0933. The predicted molar refractivity (Wildman–Crippen MR) is 67.8 cm³/mol. The monoisotopic (exact) mass is 238 g/mol. The van der Waals surface area contributed by atoms with Crippen molar-refractivity contribution in [2.75, 3.05) is 13.1 Å². The number of aryl methyl sites for hydroxylation is 1. The standard InChI is InChI=1S/C13H22N2O2/c1-10-7-11(8-17-10)12(16)15-9-13(2,3)5-4-6-14/h7-8H,4-6,9,14H2,1-3H3,(H,15,16). The average Bonchev–Trinajstić information content (AvgIpc) is 2.70. The Morgan fingerprint density at radius 3 is 2.76 bits per heavy atom. The van der Waals surface area contributed by atoms with Crippen molar-refractivity contribution in [1.29, 1.82) is 0 Å². The molecule has 0 aliphatic carbocycles. The van der Waals surface area contributed by atoms with Gasteiger partial charge in [0.05, 0.1) is 5.56 Å². The van der Waals surface area contributed by atoms with E-state index in [9.17, 15) is 4.79 Å². The van der Waals surface area contributed by atoms with Crippen molar-refractivity contribution in [3.63, 3.8) is 0 Å². The Hall–Kier alpha value is -1.29. The second-order valence-electron chi connectivity index (χ2n) is 5.19. The molecule has 0 saturated heterocycles. The van der Waals surface area contributed by atoms with Crippen LogP contribution < -0.4 is 11.1 Å². The third-order valence-corrected chi connectivity index (χ3v) is 2.78. The Morgan fingerprint density at radius 1 is 1.53 bits per heavy atom. The zero-order valence-electron chi connectivity index (χ0n) is 10.9. The molecule has 1 heterocycles. The van der Waals surface area contributed by atoms with Gasteiger partial charge in [-0.15, -0.1) is 0 Å². The minimum Gasteiger partial charge on any atom is -0.469 e. The van der Waals surface area contributed by atoms with Crippen molar-refractivity contribution in [2.24, 2.45) is 11.1 Å². The van der Waals surface area contributed by atoms with Crippen LogP contribution in [0.5, 0.6) is 0 Å². The second-order valence-corrected chi connectivity index (χ2v) is 5.19. The van der Waals surface area contributed by atoms with Gasteiger partial charge >= 0.3 is 0 Å². The van der Waals surface area contributed by atoms with Gasteiger partial charge < -0.3 is 15.5 Å². The van der Waals surface area contributed by atoms with Crippen molar-refractivity contribution in [2.45, 2.75) is 33.6 Å². The average molecular weight is 238 g/mol. The summed E-state index contributed by atoms with van der Waals surface area (Å²) in [4.78, 5) is 11.8. The van der Waals surface area contributed by atoms with E-state index in [0.29, 0.717) is 18.7 Å². The molecule has 0 bridgehead atoms. The lowest BCUT2D eigenvalue weighted by atomic mass is 9.87. The largest absolute Gasteiger partial charge is 0.469 e. The molecule has 0 unspecified atom stereocenters. The van der Waals surface area contributed by atoms with E-state index >= 15 is 0 Å². The van der Waals surface area contributed by atoms with E-state index in [-0.39, 0.29) is 11.3 Å². The van der Waals surface area contributed by atoms with Crippen molar-refractivity contribution in [1.82, 2.24) is 5.32 Å². The third-order valence-electron chi connectivity index (χ3n) is 2.78. The number of hydrogen-bond acceptors (Lipinski definition) is 3. The Labute approximate surface area is 103 Å². The maximum Gasteiger partial charge on any atom is 0.254 e. The first-order chi connectivity index (χ1) is 7.94. The van der Waals surface area contributed by atoms with Gasteiger partial charge in [0.25, 0.3) is 5.91 Å². The van der Waals surface area contributed by atoms with Crippen LogP contribution in [0.2, 0.25) is 0 Å². The molecule has 1 aromatic heterocycles. The molecular formula is C13H22N2O2. The number of amides is 1. The number of nitrogens with one attached hydrogen (secondary N) is 1. The molecule has 4 nitrogen and oxygen atoms in total. The summed E-state index contributed by atoms with van der Waals surface area (Å²) in [5.74, 6) is 0.667. The maximum absolute atomic E-state index is 11.8. The summed E-state index contributed by atoms with van der Waals surface area (Å²) in [7, 11) is 0. The highest BCUT2D eigenvalue weighted by Crippen LogP contribution is 2.20. The number of carbonyl (C=O) groups is 1. The number of nitrogens with two attached hydrogens (primary N) is 1. The fourth-order valence-electron chi connectivity index (χ4n) is 1.65. The number of hydrogen-bond donors (Lipinski definition) is 2. The van der Waals surface area contributed by atoms with Crippen molar-refractivity contribution in [3.8, 4) is 0 Å². The van der Waals surface area contributed by atoms with Gasteiger partial charge in [0.2, 0.25) is 0 Å². The Kier molecular flexibility index (Phi) is 4.75. The van der Waals surface area contributed by atoms with Crippen molar-refractivity contribution >= 4 is 5.91 Å². The lowest BCUT2D eigenvalue weighted by Gasteiger charge is -2.24. The Balaban J connectivity index is 2.42. The van der Waals surface area contributed by atoms with Crippen LogP contribution in [-0.2, 0) is 0 Å². The van der Waals surface area contributed by atoms with Crippen LogP contribution in [0.4, 0.5) is 0 Å². The quantitative estimate of drug-likeness (QED) is 0.797. The highest BCUT2D eigenvalue weighted by molar-refractivity contribution is 5.93. The van der Waals surface area contributed by atoms with Crippen LogP contribution in [0.25, 0.3) is 0 Å². The summed E-state index contributed by atoms with van der Waals surface area (Å²) >= 11 is 0. The van der Waals surface area contributed by atoms with Crippen LogP contribution in [-0.4, -0.2) is 19.0 Å². The first-order valence-electron chi connectivity index (χ1n) is 5.98. The predicted octanol–water partition coefficient (Wildman–Crippen LogP) is 2.08. The molecule has 3 N–H and O–H groups in total.